The minimum Gasteiger partial charge on any atom is -0.393 e. The fourth-order valence-electron chi connectivity index (χ4n) is 9.57. The van der Waals surface area contributed by atoms with Crippen molar-refractivity contribution in [3.63, 3.8) is 0 Å². The number of aliphatic hydroxyl groups is 4. The quantitative estimate of drug-likeness (QED) is 0.480. The molecule has 4 N–H and O–H groups in total. The van der Waals surface area contributed by atoms with Crippen molar-refractivity contribution in [3.8, 4) is 11.8 Å². The molecular formula is C24H34O4. The molecule has 12 atom stereocenters. The molecule has 0 saturated heterocycles. The van der Waals surface area contributed by atoms with Crippen LogP contribution in [0.5, 0.6) is 0 Å². The van der Waals surface area contributed by atoms with E-state index >= 15 is 0 Å². The summed E-state index contributed by atoms with van der Waals surface area (Å²) in [5.74, 6) is 9.14. The molecule has 6 fully saturated rings. The van der Waals surface area contributed by atoms with Gasteiger partial charge in [0.15, 0.2) is 0 Å². The van der Waals surface area contributed by atoms with E-state index in [2.05, 4.69) is 25.7 Å². The van der Waals surface area contributed by atoms with Crippen LogP contribution in [-0.2, 0) is 0 Å². The summed E-state index contributed by atoms with van der Waals surface area (Å²) in [5, 5.41) is 43.1. The average molecular weight is 387 g/mol. The van der Waals surface area contributed by atoms with Gasteiger partial charge in [-0.1, -0.05) is 25.7 Å². The second-order valence-electron chi connectivity index (χ2n) is 11.6. The van der Waals surface area contributed by atoms with E-state index in [0.717, 1.165) is 38.5 Å². The van der Waals surface area contributed by atoms with Crippen molar-refractivity contribution in [3.05, 3.63) is 0 Å². The maximum absolute atomic E-state index is 11.8. The van der Waals surface area contributed by atoms with E-state index in [-0.39, 0.29) is 29.5 Å². The van der Waals surface area contributed by atoms with Gasteiger partial charge in [0.2, 0.25) is 0 Å². The molecule has 4 heteroatoms. The summed E-state index contributed by atoms with van der Waals surface area (Å²) >= 11 is 0. The van der Waals surface area contributed by atoms with Gasteiger partial charge in [-0.3, -0.25) is 0 Å². The van der Waals surface area contributed by atoms with Crippen LogP contribution in [0.2, 0.25) is 0 Å². The fourth-order valence-corrected chi connectivity index (χ4v) is 9.57. The summed E-state index contributed by atoms with van der Waals surface area (Å²) in [6.07, 6.45) is 6.06. The second-order valence-corrected chi connectivity index (χ2v) is 11.6. The van der Waals surface area contributed by atoms with Crippen LogP contribution in [0.3, 0.4) is 0 Å². The molecule has 0 aromatic heterocycles. The first-order chi connectivity index (χ1) is 13.2. The lowest BCUT2D eigenvalue weighted by atomic mass is 9.42. The summed E-state index contributed by atoms with van der Waals surface area (Å²) in [6.45, 7) is 4.38. The Balaban J connectivity index is 1.42. The minimum absolute atomic E-state index is 0.113. The highest BCUT2D eigenvalue weighted by atomic mass is 16.3. The summed E-state index contributed by atoms with van der Waals surface area (Å²) < 4.78 is 0. The lowest BCUT2D eigenvalue weighted by molar-refractivity contribution is -0.233. The van der Waals surface area contributed by atoms with Gasteiger partial charge >= 0.3 is 0 Å². The first kappa shape index (κ1) is 18.2. The smallest absolute Gasteiger partial charge is 0.134 e. The summed E-state index contributed by atoms with van der Waals surface area (Å²) in [6, 6.07) is 0. The number of fused-ring (bicyclic) bond motifs is 10. The molecule has 0 bridgehead atoms. The van der Waals surface area contributed by atoms with Crippen molar-refractivity contribution in [2.24, 2.45) is 52.3 Å². The van der Waals surface area contributed by atoms with Crippen LogP contribution in [0.25, 0.3) is 0 Å². The number of rotatable bonds is 0. The summed E-state index contributed by atoms with van der Waals surface area (Å²) in [7, 11) is 0. The molecule has 0 spiro atoms. The van der Waals surface area contributed by atoms with Crippen molar-refractivity contribution in [1.29, 1.82) is 0 Å². The fraction of sp³-hybridized carbons (Fsp3) is 0.917. The molecule has 6 rings (SSSR count). The monoisotopic (exact) mass is 386 g/mol. The Labute approximate surface area is 167 Å². The van der Waals surface area contributed by atoms with Crippen LogP contribution in [0.4, 0.5) is 0 Å². The molecule has 0 unspecified atom stereocenters. The van der Waals surface area contributed by atoms with Gasteiger partial charge in [0.25, 0.3) is 0 Å². The normalized spacial score (nSPS) is 65.6. The van der Waals surface area contributed by atoms with Crippen molar-refractivity contribution in [1.82, 2.24) is 0 Å². The highest BCUT2D eigenvalue weighted by Crippen LogP contribution is 2.81. The van der Waals surface area contributed by atoms with E-state index in [9.17, 15) is 20.4 Å². The zero-order valence-electron chi connectivity index (χ0n) is 17.1. The van der Waals surface area contributed by atoms with Crippen molar-refractivity contribution >= 4 is 0 Å². The molecule has 0 aromatic carbocycles. The Morgan fingerprint density at radius 1 is 0.929 bits per heavy atom. The van der Waals surface area contributed by atoms with E-state index < -0.39 is 11.2 Å². The number of aliphatic hydroxyl groups excluding tert-OH is 2. The zero-order valence-corrected chi connectivity index (χ0v) is 17.1. The van der Waals surface area contributed by atoms with Gasteiger partial charge in [0.1, 0.15) is 12.2 Å². The summed E-state index contributed by atoms with van der Waals surface area (Å²) in [5.41, 5.74) is -1.98. The Hall–Kier alpha value is -0.600. The molecule has 0 radical (unpaired) electrons. The maximum atomic E-state index is 11.8. The van der Waals surface area contributed by atoms with Gasteiger partial charge in [0, 0.05) is 17.8 Å². The number of hydrogen-bond acceptors (Lipinski definition) is 4. The predicted octanol–water partition coefficient (Wildman–Crippen LogP) is 1.94. The Kier molecular flexibility index (Phi) is 3.36. The van der Waals surface area contributed by atoms with E-state index in [4.69, 9.17) is 0 Å². The van der Waals surface area contributed by atoms with E-state index in [0.29, 0.717) is 41.9 Å². The third-order valence-corrected chi connectivity index (χ3v) is 11.0. The third-order valence-electron chi connectivity index (χ3n) is 11.0. The van der Waals surface area contributed by atoms with Gasteiger partial charge in [-0.2, -0.15) is 0 Å². The Morgan fingerprint density at radius 3 is 2.39 bits per heavy atom. The van der Waals surface area contributed by atoms with Crippen LogP contribution < -0.4 is 0 Å². The van der Waals surface area contributed by atoms with Gasteiger partial charge < -0.3 is 20.4 Å². The first-order valence-electron chi connectivity index (χ1n) is 11.4. The second kappa shape index (κ2) is 5.17. The molecule has 6 saturated carbocycles. The molecule has 28 heavy (non-hydrogen) atoms. The Morgan fingerprint density at radius 2 is 1.64 bits per heavy atom. The van der Waals surface area contributed by atoms with Crippen molar-refractivity contribution in [2.45, 2.75) is 76.1 Å². The van der Waals surface area contributed by atoms with E-state index in [1.807, 2.05) is 0 Å². The van der Waals surface area contributed by atoms with Crippen LogP contribution in [0.15, 0.2) is 0 Å². The summed E-state index contributed by atoms with van der Waals surface area (Å²) in [4.78, 5) is 0. The van der Waals surface area contributed by atoms with E-state index in [1.165, 1.54) is 0 Å². The molecule has 154 valence electrons. The third kappa shape index (κ3) is 1.81. The topological polar surface area (TPSA) is 80.9 Å². The molecule has 6 aliphatic rings. The van der Waals surface area contributed by atoms with Gasteiger partial charge in [-0.05, 0) is 79.4 Å². The minimum atomic E-state index is -0.960. The van der Waals surface area contributed by atoms with Gasteiger partial charge in [0.05, 0.1) is 11.7 Å². The van der Waals surface area contributed by atoms with Crippen LogP contribution >= 0.6 is 0 Å². The molecular weight excluding hydrogens is 352 g/mol. The van der Waals surface area contributed by atoms with Crippen LogP contribution in [0.1, 0.15) is 58.8 Å². The molecule has 0 amide bonds. The molecule has 0 heterocycles. The first-order valence-corrected chi connectivity index (χ1v) is 11.4. The lowest BCUT2D eigenvalue weighted by Gasteiger charge is -2.64. The van der Waals surface area contributed by atoms with E-state index in [1.54, 1.807) is 0 Å². The predicted molar refractivity (Wildman–Crippen MR) is 104 cm³/mol. The SMILES string of the molecule is C[C@@]12CC[C@@H](O)C[C@]1(O)[C@H]1C[C@H]1[C@@H]1[C@H]3[C@H]4C[C@H]4[C@](O)(C#CCO)[C@]3(C)CC[C@H]12. The highest BCUT2D eigenvalue weighted by molar-refractivity contribution is 5.36. The van der Waals surface area contributed by atoms with Crippen LogP contribution in [0, 0.1) is 64.1 Å². The standard InChI is InChI=1S/C24H34O4/c1-21-7-4-13(26)12-24(21,28)17-10-14(17)19-16(21)5-8-22(2)20(19)15-11-18(15)23(22,27)6-3-9-25/h13-20,25-28H,4-5,7-12H2,1-2H3/t13-,14-,15+,16-,17+,18-,19+,20-,21+,22-,23-,24+/m1/s1. The molecule has 0 aromatic rings. The zero-order chi connectivity index (χ0) is 19.7. The van der Waals surface area contributed by atoms with Crippen LogP contribution in [-0.4, -0.2) is 44.3 Å². The molecule has 4 nitrogen and oxygen atoms in total. The number of hydrogen-bond donors (Lipinski definition) is 4. The van der Waals surface area contributed by atoms with Gasteiger partial charge in [-0.25, -0.2) is 0 Å². The maximum Gasteiger partial charge on any atom is 0.134 e. The highest BCUT2D eigenvalue weighted by Gasteiger charge is 2.81. The van der Waals surface area contributed by atoms with Crippen molar-refractivity contribution in [2.75, 3.05) is 6.61 Å². The van der Waals surface area contributed by atoms with Gasteiger partial charge in [-0.15, -0.1) is 0 Å². The Bertz CT molecular complexity index is 785. The largest absolute Gasteiger partial charge is 0.393 e. The van der Waals surface area contributed by atoms with Crippen molar-refractivity contribution < 1.29 is 20.4 Å². The average Bonchev–Trinajstić information content (AvgIpc) is 3.54. The lowest BCUT2D eigenvalue weighted by Crippen LogP contribution is -2.65. The molecule has 0 aliphatic heterocycles. The molecule has 6 aliphatic carbocycles.